The van der Waals surface area contributed by atoms with Crippen LogP contribution in [0.3, 0.4) is 0 Å². The van der Waals surface area contributed by atoms with Crippen LogP contribution in [0.5, 0.6) is 0 Å². The molecule has 24 heavy (non-hydrogen) atoms. The van der Waals surface area contributed by atoms with Crippen LogP contribution in [-0.4, -0.2) is 46.3 Å². The molecule has 0 atom stereocenters. The van der Waals surface area contributed by atoms with E-state index in [-0.39, 0.29) is 5.41 Å². The molecule has 0 amide bonds. The number of carbonyl (C=O) groups is 1. The van der Waals surface area contributed by atoms with Gasteiger partial charge < -0.3 is 4.98 Å². The minimum atomic E-state index is -4.67. The average molecular weight is 352 g/mol. The van der Waals surface area contributed by atoms with E-state index >= 15 is 0 Å². The van der Waals surface area contributed by atoms with Crippen LogP contribution in [0.4, 0.5) is 0 Å². The third kappa shape index (κ3) is 3.36. The summed E-state index contributed by atoms with van der Waals surface area (Å²) in [4.78, 5) is 18.7. The third-order valence-electron chi connectivity index (χ3n) is 4.93. The molecule has 2 aromatic rings. The van der Waals surface area contributed by atoms with E-state index < -0.39 is 10.4 Å². The number of para-hydroxylation sites is 1. The van der Waals surface area contributed by atoms with Gasteiger partial charge in [0.25, 0.3) is 0 Å². The Morgan fingerprint density at radius 2 is 1.75 bits per heavy atom. The standard InChI is InChI=1S/C16H18N2O.H2O4S/c1-16-6-8-18(9-7-16)10-12-11-4-2-3-5-13(11)17-14(12)15(16)19;1-5(2,3)4/h2-5,17H,6-10H2,1H3;(H2,1,2,3,4). The van der Waals surface area contributed by atoms with Crippen molar-refractivity contribution in [1.82, 2.24) is 9.88 Å². The number of fused-ring (bicyclic) bond motifs is 3. The second-order valence-corrected chi connectivity index (χ2v) is 7.53. The molecule has 4 heterocycles. The van der Waals surface area contributed by atoms with Crippen molar-refractivity contribution in [3.8, 4) is 0 Å². The Morgan fingerprint density at radius 1 is 1.17 bits per heavy atom. The lowest BCUT2D eigenvalue weighted by atomic mass is 9.73. The third-order valence-corrected chi connectivity index (χ3v) is 4.93. The molecule has 0 spiro atoms. The van der Waals surface area contributed by atoms with Crippen molar-refractivity contribution in [2.24, 2.45) is 5.41 Å². The molecule has 3 N–H and O–H groups in total. The first-order valence-corrected chi connectivity index (χ1v) is 9.14. The van der Waals surface area contributed by atoms with Crippen molar-refractivity contribution < 1.29 is 22.3 Å². The first kappa shape index (κ1) is 17.1. The molecule has 5 rings (SSSR count). The Labute approximate surface area is 140 Å². The van der Waals surface area contributed by atoms with Gasteiger partial charge in [-0.3, -0.25) is 18.8 Å². The highest BCUT2D eigenvalue weighted by Gasteiger charge is 2.41. The molecule has 0 saturated carbocycles. The van der Waals surface area contributed by atoms with Crippen molar-refractivity contribution in [1.29, 1.82) is 0 Å². The zero-order chi connectivity index (χ0) is 17.5. The Balaban J connectivity index is 0.000000300. The Bertz CT molecular complexity index is 871. The molecule has 3 aliphatic rings. The van der Waals surface area contributed by atoms with Gasteiger partial charge in [-0.2, -0.15) is 8.42 Å². The van der Waals surface area contributed by atoms with E-state index in [4.69, 9.17) is 17.5 Å². The first-order valence-electron chi connectivity index (χ1n) is 7.74. The van der Waals surface area contributed by atoms with Crippen LogP contribution in [0, 0.1) is 5.41 Å². The molecule has 0 radical (unpaired) electrons. The van der Waals surface area contributed by atoms with Gasteiger partial charge in [-0.05, 0) is 32.0 Å². The zero-order valence-electron chi connectivity index (χ0n) is 13.3. The summed E-state index contributed by atoms with van der Waals surface area (Å²) in [5, 5.41) is 1.21. The highest BCUT2D eigenvalue weighted by Crippen LogP contribution is 2.40. The average Bonchev–Trinajstić information content (AvgIpc) is 2.84. The van der Waals surface area contributed by atoms with Gasteiger partial charge in [0.15, 0.2) is 5.78 Å². The van der Waals surface area contributed by atoms with E-state index in [9.17, 15) is 4.79 Å². The predicted octanol–water partition coefficient (Wildman–Crippen LogP) is 2.31. The predicted molar refractivity (Wildman–Crippen MR) is 89.4 cm³/mol. The quantitative estimate of drug-likeness (QED) is 0.628. The first-order chi connectivity index (χ1) is 11.2. The molecule has 2 bridgehead atoms. The normalized spacial score (nSPS) is 26.3. The number of H-pyrrole nitrogens is 1. The van der Waals surface area contributed by atoms with Crippen LogP contribution in [0.2, 0.25) is 0 Å². The van der Waals surface area contributed by atoms with E-state index in [1.54, 1.807) is 0 Å². The molecule has 8 heteroatoms. The van der Waals surface area contributed by atoms with Gasteiger partial charge in [0.2, 0.25) is 0 Å². The fraction of sp³-hybridized carbons (Fsp3) is 0.438. The number of nitrogens with zero attached hydrogens (tertiary/aromatic N) is 1. The van der Waals surface area contributed by atoms with Gasteiger partial charge in [0, 0.05) is 28.4 Å². The van der Waals surface area contributed by atoms with E-state index in [1.165, 1.54) is 10.9 Å². The van der Waals surface area contributed by atoms with Crippen molar-refractivity contribution in [3.63, 3.8) is 0 Å². The molecule has 0 unspecified atom stereocenters. The Morgan fingerprint density at radius 3 is 2.38 bits per heavy atom. The maximum atomic E-state index is 12.9. The lowest BCUT2D eigenvalue weighted by Crippen LogP contribution is -2.45. The van der Waals surface area contributed by atoms with Crippen molar-refractivity contribution >= 4 is 27.1 Å². The summed E-state index contributed by atoms with van der Waals surface area (Å²) in [6.45, 7) is 5.12. The summed E-state index contributed by atoms with van der Waals surface area (Å²) in [6.07, 6.45) is 1.97. The number of ketones is 1. The van der Waals surface area contributed by atoms with E-state index in [0.717, 1.165) is 43.7 Å². The maximum Gasteiger partial charge on any atom is 0.394 e. The SMILES string of the molecule is CC12CCN(CC1)Cc1c([nH]c3ccccc13)C2=O.O=S(=O)(O)O. The lowest BCUT2D eigenvalue weighted by Gasteiger charge is -2.40. The molecule has 7 nitrogen and oxygen atoms in total. The monoisotopic (exact) mass is 352 g/mol. The summed E-state index contributed by atoms with van der Waals surface area (Å²) in [6, 6.07) is 8.26. The fourth-order valence-corrected chi connectivity index (χ4v) is 3.52. The molecule has 1 saturated heterocycles. The van der Waals surface area contributed by atoms with E-state index in [1.807, 2.05) is 6.07 Å². The largest absolute Gasteiger partial charge is 0.394 e. The number of hydrogen-bond donors (Lipinski definition) is 3. The molecule has 0 aliphatic carbocycles. The number of carbonyl (C=O) groups excluding carboxylic acids is 1. The van der Waals surface area contributed by atoms with Crippen molar-refractivity contribution in [2.75, 3.05) is 13.1 Å². The summed E-state index contributed by atoms with van der Waals surface area (Å²) in [5.74, 6) is 0.318. The molecule has 1 aromatic carbocycles. The summed E-state index contributed by atoms with van der Waals surface area (Å²) >= 11 is 0. The number of hydrogen-bond acceptors (Lipinski definition) is 4. The van der Waals surface area contributed by atoms with Gasteiger partial charge in [-0.25, -0.2) is 0 Å². The van der Waals surface area contributed by atoms with Crippen LogP contribution in [-0.2, 0) is 16.9 Å². The minimum absolute atomic E-state index is 0.174. The number of piperidine rings is 1. The highest BCUT2D eigenvalue weighted by molar-refractivity contribution is 7.79. The van der Waals surface area contributed by atoms with Crippen molar-refractivity contribution in [2.45, 2.75) is 26.3 Å². The maximum absolute atomic E-state index is 12.9. The van der Waals surface area contributed by atoms with E-state index in [2.05, 4.69) is 35.0 Å². The van der Waals surface area contributed by atoms with Gasteiger partial charge in [0.05, 0.1) is 5.69 Å². The number of Topliss-reactive ketones (excluding diaryl/α,β-unsaturated/α-hetero) is 1. The fourth-order valence-electron chi connectivity index (χ4n) is 3.52. The summed E-state index contributed by atoms with van der Waals surface area (Å²) in [5.41, 5.74) is 2.97. The van der Waals surface area contributed by atoms with Gasteiger partial charge in [-0.15, -0.1) is 0 Å². The van der Waals surface area contributed by atoms with Gasteiger partial charge in [-0.1, -0.05) is 25.1 Å². The Hall–Kier alpha value is -1.74. The van der Waals surface area contributed by atoms with Crippen LogP contribution in [0.15, 0.2) is 24.3 Å². The minimum Gasteiger partial charge on any atom is -0.352 e. The summed E-state index contributed by atoms with van der Waals surface area (Å²) < 4.78 is 31.6. The lowest BCUT2D eigenvalue weighted by molar-refractivity contribution is 0.0594. The van der Waals surface area contributed by atoms with Crippen LogP contribution in [0.1, 0.15) is 35.8 Å². The molecular weight excluding hydrogens is 332 g/mol. The van der Waals surface area contributed by atoms with Gasteiger partial charge >= 0.3 is 10.4 Å². The number of rotatable bonds is 0. The molecule has 3 aliphatic heterocycles. The number of nitrogens with one attached hydrogen (secondary N) is 1. The molecule has 130 valence electrons. The second kappa shape index (κ2) is 5.96. The number of benzene rings is 1. The second-order valence-electron chi connectivity index (χ2n) is 6.64. The van der Waals surface area contributed by atoms with Crippen LogP contribution >= 0.6 is 0 Å². The molecule has 1 fully saturated rings. The topological polar surface area (TPSA) is 111 Å². The number of aromatic nitrogens is 1. The van der Waals surface area contributed by atoms with Crippen molar-refractivity contribution in [3.05, 3.63) is 35.5 Å². The molecular formula is C16H20N2O5S. The molecule has 1 aromatic heterocycles. The smallest absolute Gasteiger partial charge is 0.352 e. The van der Waals surface area contributed by atoms with Crippen LogP contribution < -0.4 is 0 Å². The van der Waals surface area contributed by atoms with Crippen LogP contribution in [0.25, 0.3) is 10.9 Å². The highest BCUT2D eigenvalue weighted by atomic mass is 32.3. The Kier molecular flexibility index (Phi) is 4.25. The summed E-state index contributed by atoms with van der Waals surface area (Å²) in [7, 11) is -4.67. The number of aromatic amines is 1. The van der Waals surface area contributed by atoms with Gasteiger partial charge in [0.1, 0.15) is 0 Å². The zero-order valence-corrected chi connectivity index (χ0v) is 14.1. The van der Waals surface area contributed by atoms with E-state index in [0.29, 0.717) is 5.78 Å².